The van der Waals surface area contributed by atoms with Crippen molar-refractivity contribution in [3.8, 4) is 0 Å². The smallest absolute Gasteiger partial charge is 0.138 e. The van der Waals surface area contributed by atoms with E-state index in [0.29, 0.717) is 6.04 Å². The molecule has 0 aliphatic carbocycles. The van der Waals surface area contributed by atoms with E-state index in [1.54, 1.807) is 7.11 Å². The van der Waals surface area contributed by atoms with E-state index in [4.69, 9.17) is 4.74 Å². The second-order valence-corrected chi connectivity index (χ2v) is 8.27. The number of nitrogens with one attached hydrogen (secondary N) is 2. The van der Waals surface area contributed by atoms with Gasteiger partial charge in [0.25, 0.3) is 0 Å². The van der Waals surface area contributed by atoms with E-state index >= 15 is 0 Å². The molecule has 0 saturated heterocycles. The number of hydrogen-bond donors (Lipinski definition) is 2. The normalized spacial score (nSPS) is 17.0. The molecule has 1 aliphatic rings. The summed E-state index contributed by atoms with van der Waals surface area (Å²) in [4.78, 5) is 0. The fraction of sp³-hybridized carbons (Fsp3) is 0.517. The molecule has 2 N–H and O–H groups in total. The molecule has 178 valence electrons. The van der Waals surface area contributed by atoms with Gasteiger partial charge in [-0.2, -0.15) is 0 Å². The minimum absolute atomic E-state index is 0.436. The van der Waals surface area contributed by atoms with Crippen LogP contribution in [0.25, 0.3) is 0 Å². The molecule has 1 aliphatic heterocycles. The zero-order chi connectivity index (χ0) is 23.9. The number of allylic oxidation sites excluding steroid dienone is 9. The van der Waals surface area contributed by atoms with Crippen molar-refractivity contribution in [3.63, 3.8) is 0 Å². The van der Waals surface area contributed by atoms with Crippen molar-refractivity contribution in [2.45, 2.75) is 86.1 Å². The van der Waals surface area contributed by atoms with E-state index in [9.17, 15) is 0 Å². The van der Waals surface area contributed by atoms with Crippen LogP contribution >= 0.6 is 0 Å². The molecule has 0 fully saturated rings. The molecule has 0 aromatic heterocycles. The lowest BCUT2D eigenvalue weighted by Crippen LogP contribution is -2.31. The monoisotopic (exact) mass is 438 g/mol. The van der Waals surface area contributed by atoms with E-state index in [2.05, 4.69) is 76.1 Å². The predicted octanol–water partition coefficient (Wildman–Crippen LogP) is 7.64. The number of rotatable bonds is 14. The van der Waals surface area contributed by atoms with Gasteiger partial charge in [-0.15, -0.1) is 0 Å². The van der Waals surface area contributed by atoms with Crippen LogP contribution in [0.5, 0.6) is 0 Å². The molecule has 1 atom stereocenters. The fourth-order valence-electron chi connectivity index (χ4n) is 3.85. The van der Waals surface area contributed by atoms with Crippen LogP contribution < -0.4 is 10.6 Å². The summed E-state index contributed by atoms with van der Waals surface area (Å²) in [6.45, 7) is 18.1. The molecule has 0 aromatic carbocycles. The summed E-state index contributed by atoms with van der Waals surface area (Å²) < 4.78 is 5.57. The minimum Gasteiger partial charge on any atom is -0.495 e. The van der Waals surface area contributed by atoms with E-state index < -0.39 is 0 Å². The Labute approximate surface area is 197 Å². The predicted molar refractivity (Wildman–Crippen MR) is 141 cm³/mol. The van der Waals surface area contributed by atoms with Crippen molar-refractivity contribution < 1.29 is 4.74 Å². The number of dihydropyridines is 1. The molecule has 1 rings (SSSR count). The maximum absolute atomic E-state index is 5.57. The number of methoxy groups -OCH3 is 1. The molecule has 0 saturated carbocycles. The third-order valence-electron chi connectivity index (χ3n) is 6.09. The average Bonchev–Trinajstić information content (AvgIpc) is 2.81. The molecule has 0 spiro atoms. The standard InChI is InChI=1S/C29H46N2O/c1-9-22(6)25(11-3)20-24(10-2)16-14-15-19-30-27(12-4)21-26-18-17-23(7)31-29(26)28(13-5)32-8/h9,13,16-18,20,27,30-31H,7,10-12,14-15,19,21H2,1-6,8H3/b22-9-,24-16?,25-20-,28-13+. The fourth-order valence-corrected chi connectivity index (χ4v) is 3.85. The van der Waals surface area contributed by atoms with Crippen LogP contribution in [0.3, 0.4) is 0 Å². The number of ether oxygens (including phenoxy) is 1. The van der Waals surface area contributed by atoms with Crippen molar-refractivity contribution >= 4 is 0 Å². The molecule has 0 bridgehead atoms. The van der Waals surface area contributed by atoms with E-state index in [0.717, 1.165) is 62.2 Å². The molecular formula is C29H46N2O. The third-order valence-corrected chi connectivity index (χ3v) is 6.09. The topological polar surface area (TPSA) is 33.3 Å². The first-order valence-electron chi connectivity index (χ1n) is 12.3. The highest BCUT2D eigenvalue weighted by Gasteiger charge is 2.17. The zero-order valence-corrected chi connectivity index (χ0v) is 21.6. The van der Waals surface area contributed by atoms with Crippen LogP contribution in [0.1, 0.15) is 80.1 Å². The SMILES string of the molecule is C=C1C=CC(CC(CC)NCCCC=C(/C=C(CC)\C(C)=C/C)CC)=C(/C(=C\C)OC)N1. The quantitative estimate of drug-likeness (QED) is 0.166. The summed E-state index contributed by atoms with van der Waals surface area (Å²) in [5.74, 6) is 0.866. The van der Waals surface area contributed by atoms with Crippen molar-refractivity contribution in [1.29, 1.82) is 0 Å². The Balaban J connectivity index is 2.69. The number of unbranched alkanes of at least 4 members (excludes halogenated alkanes) is 1. The summed E-state index contributed by atoms with van der Waals surface area (Å²) >= 11 is 0. The lowest BCUT2D eigenvalue weighted by molar-refractivity contribution is 0.295. The molecular weight excluding hydrogens is 392 g/mol. The van der Waals surface area contributed by atoms with E-state index in [1.807, 2.05) is 19.1 Å². The van der Waals surface area contributed by atoms with Crippen LogP contribution in [0.2, 0.25) is 0 Å². The van der Waals surface area contributed by atoms with Crippen molar-refractivity contribution in [3.05, 3.63) is 82.5 Å². The first-order valence-corrected chi connectivity index (χ1v) is 12.3. The zero-order valence-electron chi connectivity index (χ0n) is 21.6. The van der Waals surface area contributed by atoms with Gasteiger partial charge in [-0.25, -0.2) is 0 Å². The van der Waals surface area contributed by atoms with Gasteiger partial charge in [0.1, 0.15) is 5.76 Å². The average molecular weight is 439 g/mol. The van der Waals surface area contributed by atoms with Gasteiger partial charge in [0.15, 0.2) is 0 Å². The van der Waals surface area contributed by atoms with Gasteiger partial charge < -0.3 is 15.4 Å². The highest BCUT2D eigenvalue weighted by molar-refractivity contribution is 5.44. The maximum atomic E-state index is 5.57. The lowest BCUT2D eigenvalue weighted by atomic mass is 9.98. The molecule has 3 heteroatoms. The van der Waals surface area contributed by atoms with E-state index in [-0.39, 0.29) is 0 Å². The molecule has 1 heterocycles. The summed E-state index contributed by atoms with van der Waals surface area (Å²) in [7, 11) is 1.72. The largest absolute Gasteiger partial charge is 0.495 e. The summed E-state index contributed by atoms with van der Waals surface area (Å²) in [6, 6.07) is 0.436. The van der Waals surface area contributed by atoms with Crippen molar-refractivity contribution in [1.82, 2.24) is 10.6 Å². The van der Waals surface area contributed by atoms with Crippen LogP contribution in [-0.4, -0.2) is 19.7 Å². The van der Waals surface area contributed by atoms with Gasteiger partial charge in [-0.05, 0) is 89.1 Å². The number of hydrogen-bond acceptors (Lipinski definition) is 3. The molecule has 1 unspecified atom stereocenters. The van der Waals surface area contributed by atoms with Gasteiger partial charge in [-0.1, -0.05) is 62.8 Å². The van der Waals surface area contributed by atoms with Gasteiger partial charge in [-0.3, -0.25) is 0 Å². The Bertz CT molecular complexity index is 790. The molecule has 3 nitrogen and oxygen atoms in total. The van der Waals surface area contributed by atoms with Crippen molar-refractivity contribution in [2.75, 3.05) is 13.7 Å². The Kier molecular flexibility index (Phi) is 13.5. The Morgan fingerprint density at radius 1 is 1.16 bits per heavy atom. The lowest BCUT2D eigenvalue weighted by Gasteiger charge is -2.24. The second-order valence-electron chi connectivity index (χ2n) is 8.27. The first-order chi connectivity index (χ1) is 15.4. The summed E-state index contributed by atoms with van der Waals surface area (Å²) in [6.07, 6.45) is 19.7. The Morgan fingerprint density at radius 3 is 2.47 bits per heavy atom. The first kappa shape index (κ1) is 27.8. The van der Waals surface area contributed by atoms with Gasteiger partial charge >= 0.3 is 0 Å². The molecule has 0 amide bonds. The maximum Gasteiger partial charge on any atom is 0.138 e. The van der Waals surface area contributed by atoms with Gasteiger partial charge in [0.05, 0.1) is 12.8 Å². The highest BCUT2D eigenvalue weighted by Crippen LogP contribution is 2.24. The van der Waals surface area contributed by atoms with Crippen LogP contribution in [0.15, 0.2) is 82.5 Å². The molecule has 0 radical (unpaired) electrons. The van der Waals surface area contributed by atoms with Gasteiger partial charge in [0.2, 0.25) is 0 Å². The van der Waals surface area contributed by atoms with E-state index in [1.165, 1.54) is 22.3 Å². The van der Waals surface area contributed by atoms with Crippen LogP contribution in [0.4, 0.5) is 0 Å². The minimum atomic E-state index is 0.436. The summed E-state index contributed by atoms with van der Waals surface area (Å²) in [5.41, 5.74) is 7.47. The Hall–Kier alpha value is -2.26. The Morgan fingerprint density at radius 2 is 1.91 bits per heavy atom. The van der Waals surface area contributed by atoms with Crippen LogP contribution in [-0.2, 0) is 4.74 Å². The second kappa shape index (κ2) is 15.5. The molecule has 32 heavy (non-hydrogen) atoms. The molecule has 0 aromatic rings. The van der Waals surface area contributed by atoms with Crippen LogP contribution in [0, 0.1) is 0 Å². The van der Waals surface area contributed by atoms with Gasteiger partial charge in [0, 0.05) is 11.7 Å². The highest BCUT2D eigenvalue weighted by atomic mass is 16.5. The summed E-state index contributed by atoms with van der Waals surface area (Å²) in [5, 5.41) is 7.15. The third kappa shape index (κ3) is 9.08. The van der Waals surface area contributed by atoms with Crippen molar-refractivity contribution in [2.24, 2.45) is 0 Å².